The molecule has 0 unspecified atom stereocenters. The van der Waals surface area contributed by atoms with E-state index >= 15 is 0 Å². The lowest BCUT2D eigenvalue weighted by Gasteiger charge is -2.24. The minimum absolute atomic E-state index is 0.141. The van der Waals surface area contributed by atoms with Gasteiger partial charge in [0.1, 0.15) is 23.2 Å². The number of pyridine rings is 1. The molecule has 0 atom stereocenters. The van der Waals surface area contributed by atoms with Crippen LogP contribution in [0.25, 0.3) is 94.0 Å². The van der Waals surface area contributed by atoms with Crippen molar-refractivity contribution in [3.8, 4) is 34.3 Å². The Morgan fingerprint density at radius 1 is 0.667 bits per heavy atom. The molecule has 0 saturated heterocycles. The molecule has 0 aliphatic rings. The van der Waals surface area contributed by atoms with Crippen LogP contribution in [0.15, 0.2) is 124 Å². The maximum Gasteiger partial charge on any atom is 0.228 e. The summed E-state index contributed by atoms with van der Waals surface area (Å²) in [4.78, 5) is 9.82. The summed E-state index contributed by atoms with van der Waals surface area (Å²) >= 11 is 0. The third-order valence-corrected chi connectivity index (χ3v) is 10.7. The number of hydrogen-bond acceptors (Lipinski definition) is 5. The van der Waals surface area contributed by atoms with Crippen LogP contribution >= 0.6 is 0 Å². The van der Waals surface area contributed by atoms with Gasteiger partial charge in [-0.25, -0.2) is 9.97 Å². The quantitative estimate of drug-likeness (QED) is 0.178. The van der Waals surface area contributed by atoms with Crippen LogP contribution in [0.1, 0.15) is 66.0 Å². The molecule has 54 heavy (non-hydrogen) atoms. The maximum atomic E-state index is 9.53. The molecule has 4 aromatic heterocycles. The summed E-state index contributed by atoms with van der Waals surface area (Å²) in [5.41, 5.74) is 10.1. The summed E-state index contributed by atoms with van der Waals surface area (Å²) in [6, 6.07) is 40.5. The third kappa shape index (κ3) is 4.65. The smallest absolute Gasteiger partial charge is 0.228 e. The fraction of sp³-hybridized carbons (Fsp3) is 0.146. The number of aryl methyl sites for hydroxylation is 1. The minimum atomic E-state index is -2.45. The molecule has 10 rings (SSSR count). The van der Waals surface area contributed by atoms with Crippen molar-refractivity contribution < 1.29 is 12.9 Å². The average Bonchev–Trinajstić information content (AvgIpc) is 3.91. The Morgan fingerprint density at radius 2 is 1.39 bits per heavy atom. The van der Waals surface area contributed by atoms with Gasteiger partial charge in [-0.3, -0.25) is 4.57 Å². The number of rotatable bonds is 5. The number of benzene rings is 6. The molecule has 260 valence electrons. The summed E-state index contributed by atoms with van der Waals surface area (Å²) < 4.78 is 41.4. The van der Waals surface area contributed by atoms with E-state index in [1.807, 2.05) is 36.4 Å². The number of fused-ring (bicyclic) bond motifs is 10. The number of nitriles is 1. The Morgan fingerprint density at radius 3 is 2.15 bits per heavy atom. The summed E-state index contributed by atoms with van der Waals surface area (Å²) in [6.07, 6.45) is 0. The highest BCUT2D eigenvalue weighted by Crippen LogP contribution is 2.46. The molecule has 4 heterocycles. The summed E-state index contributed by atoms with van der Waals surface area (Å²) in [7, 11) is 0. The van der Waals surface area contributed by atoms with Gasteiger partial charge in [0, 0.05) is 31.0 Å². The predicted molar refractivity (Wildman–Crippen MR) is 219 cm³/mol. The van der Waals surface area contributed by atoms with Crippen molar-refractivity contribution in [1.29, 1.82) is 5.26 Å². The predicted octanol–water partition coefficient (Wildman–Crippen LogP) is 13.1. The number of aromatic nitrogens is 3. The highest BCUT2D eigenvalue weighted by Gasteiger charge is 2.27. The zero-order chi connectivity index (χ0) is 39.3. The van der Waals surface area contributed by atoms with E-state index in [9.17, 15) is 5.26 Å². The second-order valence-electron chi connectivity index (χ2n) is 14.7. The van der Waals surface area contributed by atoms with Gasteiger partial charge < -0.3 is 8.83 Å². The molecule has 0 N–H and O–H groups in total. The average molecular weight is 704 g/mol. The molecule has 0 aliphatic carbocycles. The van der Waals surface area contributed by atoms with Crippen LogP contribution in [0.5, 0.6) is 0 Å². The fourth-order valence-electron chi connectivity index (χ4n) is 8.14. The van der Waals surface area contributed by atoms with Crippen molar-refractivity contribution in [3.63, 3.8) is 0 Å². The van der Waals surface area contributed by atoms with E-state index in [0.717, 1.165) is 49.4 Å². The SMILES string of the molecule is [2H]C([2H])([2H])c1ccc(-c2nc3ccc4ccccc4c3n2-c2c(C(C)C)cc(-c3ccccc3)cc2C(C)C)c2oc3c(ccc4c5ccc(C#N)nc5oc43)c12. The normalized spacial score (nSPS) is 13.2. The van der Waals surface area contributed by atoms with Crippen molar-refractivity contribution >= 4 is 65.8 Å². The lowest BCUT2D eigenvalue weighted by atomic mass is 9.88. The molecule has 0 spiro atoms. The molecule has 10 aromatic rings. The second-order valence-corrected chi connectivity index (χ2v) is 14.7. The first kappa shape index (κ1) is 28.8. The van der Waals surface area contributed by atoms with Gasteiger partial charge in [0.15, 0.2) is 11.2 Å². The second kappa shape index (κ2) is 11.9. The van der Waals surface area contributed by atoms with Crippen LogP contribution < -0.4 is 0 Å². The van der Waals surface area contributed by atoms with Gasteiger partial charge in [-0.1, -0.05) is 94.4 Å². The lowest BCUT2D eigenvalue weighted by molar-refractivity contribution is 0.626. The molecule has 0 saturated carbocycles. The monoisotopic (exact) mass is 703 g/mol. The summed E-state index contributed by atoms with van der Waals surface area (Å²) in [5.74, 6) is 0.921. The molecule has 0 aliphatic heterocycles. The van der Waals surface area contributed by atoms with Crippen LogP contribution in [0, 0.1) is 18.2 Å². The van der Waals surface area contributed by atoms with E-state index in [1.165, 1.54) is 11.1 Å². The zero-order valence-electron chi connectivity index (χ0n) is 33.2. The molecule has 0 amide bonds. The Bertz CT molecular complexity index is 3280. The molecule has 0 fully saturated rings. The summed E-state index contributed by atoms with van der Waals surface area (Å²) in [5, 5.41) is 14.2. The largest absolute Gasteiger partial charge is 0.451 e. The molecule has 6 nitrogen and oxygen atoms in total. The van der Waals surface area contributed by atoms with Gasteiger partial charge in [0.05, 0.1) is 22.3 Å². The van der Waals surface area contributed by atoms with Crippen molar-refractivity contribution in [2.75, 3.05) is 0 Å². The first-order valence-corrected chi connectivity index (χ1v) is 18.3. The van der Waals surface area contributed by atoms with Crippen molar-refractivity contribution in [3.05, 3.63) is 138 Å². The first-order valence-electron chi connectivity index (χ1n) is 19.8. The Kier molecular flexibility index (Phi) is 6.36. The van der Waals surface area contributed by atoms with Gasteiger partial charge in [-0.15, -0.1) is 0 Å². The number of furan rings is 2. The zero-order valence-corrected chi connectivity index (χ0v) is 30.2. The van der Waals surface area contributed by atoms with Crippen molar-refractivity contribution in [1.82, 2.24) is 14.5 Å². The molecular weight excluding hydrogens is 665 g/mol. The van der Waals surface area contributed by atoms with Crippen LogP contribution in [-0.2, 0) is 0 Å². The van der Waals surface area contributed by atoms with Gasteiger partial charge in [0.25, 0.3) is 0 Å². The Balaban J connectivity index is 1.37. The topological polar surface area (TPSA) is 80.8 Å². The van der Waals surface area contributed by atoms with Gasteiger partial charge in [-0.05, 0) is 100 Å². The van der Waals surface area contributed by atoms with Gasteiger partial charge in [0.2, 0.25) is 5.71 Å². The van der Waals surface area contributed by atoms with Crippen molar-refractivity contribution in [2.45, 2.75) is 46.4 Å². The number of nitrogens with zero attached hydrogens (tertiary/aromatic N) is 4. The minimum Gasteiger partial charge on any atom is -0.451 e. The van der Waals surface area contributed by atoms with Crippen LogP contribution in [-0.4, -0.2) is 14.5 Å². The third-order valence-electron chi connectivity index (χ3n) is 10.7. The van der Waals surface area contributed by atoms with Gasteiger partial charge >= 0.3 is 0 Å². The Labute approximate surface area is 316 Å². The van der Waals surface area contributed by atoms with E-state index in [-0.39, 0.29) is 23.1 Å². The summed E-state index contributed by atoms with van der Waals surface area (Å²) in [6.45, 7) is 6.46. The Hall–Kier alpha value is -6.71. The van der Waals surface area contributed by atoms with E-state index < -0.39 is 6.85 Å². The van der Waals surface area contributed by atoms with E-state index in [1.54, 1.807) is 12.1 Å². The molecular formula is C48H36N4O2. The molecule has 6 aromatic carbocycles. The fourth-order valence-corrected chi connectivity index (χ4v) is 8.14. The lowest BCUT2D eigenvalue weighted by Crippen LogP contribution is -2.09. The number of imidazole rings is 1. The maximum absolute atomic E-state index is 9.53. The van der Waals surface area contributed by atoms with Gasteiger partial charge in [-0.2, -0.15) is 5.26 Å². The van der Waals surface area contributed by atoms with E-state index in [4.69, 9.17) is 17.9 Å². The first-order chi connectivity index (χ1) is 27.5. The standard InChI is InChI=1S/C48H36N4O2/c1-26(2)38-23-31(29-11-7-6-8-12-29)24-39(27(3)4)42(38)52-43-33-14-10-9-13-30(33)16-22-40(43)51-47(52)37-18-15-28(5)41-36-21-20-34-35-19-17-32(25-49)50-48(35)54-45(34)46(36)53-44(37)41/h6-24,26-27H,1-5H3/i5D3. The van der Waals surface area contributed by atoms with E-state index in [0.29, 0.717) is 44.6 Å². The highest BCUT2D eigenvalue weighted by molar-refractivity contribution is 6.21. The van der Waals surface area contributed by atoms with Crippen molar-refractivity contribution in [2.24, 2.45) is 0 Å². The molecule has 0 bridgehead atoms. The van der Waals surface area contributed by atoms with E-state index in [2.05, 4.69) is 110 Å². The van der Waals surface area contributed by atoms with Crippen LogP contribution in [0.3, 0.4) is 0 Å². The molecule has 0 radical (unpaired) electrons. The molecule has 6 heteroatoms. The highest BCUT2D eigenvalue weighted by atomic mass is 16.4. The number of hydrogen-bond donors (Lipinski definition) is 0. The van der Waals surface area contributed by atoms with Crippen LogP contribution in [0.4, 0.5) is 0 Å². The van der Waals surface area contributed by atoms with Crippen LogP contribution in [0.2, 0.25) is 0 Å².